The van der Waals surface area contributed by atoms with Gasteiger partial charge in [-0.25, -0.2) is 9.29 Å². The summed E-state index contributed by atoms with van der Waals surface area (Å²) in [6, 6.07) is 27.0. The summed E-state index contributed by atoms with van der Waals surface area (Å²) < 4.78 is 13.6. The molecular formula is C27H16FN3O2. The Morgan fingerprint density at radius 3 is 2.21 bits per heavy atom. The Morgan fingerprint density at radius 1 is 0.788 bits per heavy atom. The van der Waals surface area contributed by atoms with Crippen LogP contribution in [0.4, 0.5) is 15.8 Å². The van der Waals surface area contributed by atoms with E-state index >= 15 is 0 Å². The number of fused-ring (bicyclic) bond motifs is 1. The highest BCUT2D eigenvalue weighted by molar-refractivity contribution is 6.46. The lowest BCUT2D eigenvalue weighted by atomic mass is 10.0. The molecule has 0 fully saturated rings. The summed E-state index contributed by atoms with van der Waals surface area (Å²) in [5.74, 6) is -1.50. The van der Waals surface area contributed by atoms with Crippen molar-refractivity contribution in [3.63, 3.8) is 0 Å². The fourth-order valence-corrected chi connectivity index (χ4v) is 3.92. The van der Waals surface area contributed by atoms with Gasteiger partial charge in [0.05, 0.1) is 22.9 Å². The Balaban J connectivity index is 1.64. The number of amides is 2. The molecule has 1 N–H and O–H groups in total. The molecule has 5 rings (SSSR count). The van der Waals surface area contributed by atoms with Crippen molar-refractivity contribution < 1.29 is 14.0 Å². The molecule has 0 saturated heterocycles. The lowest BCUT2D eigenvalue weighted by Crippen LogP contribution is -2.32. The van der Waals surface area contributed by atoms with Crippen LogP contribution in [-0.2, 0) is 9.59 Å². The number of benzene rings is 4. The van der Waals surface area contributed by atoms with E-state index in [9.17, 15) is 14.0 Å². The van der Waals surface area contributed by atoms with Crippen LogP contribution in [0.5, 0.6) is 0 Å². The van der Waals surface area contributed by atoms with Crippen molar-refractivity contribution >= 4 is 39.5 Å². The monoisotopic (exact) mass is 433 g/mol. The average molecular weight is 433 g/mol. The van der Waals surface area contributed by atoms with E-state index in [0.29, 0.717) is 22.5 Å². The van der Waals surface area contributed by atoms with E-state index in [0.717, 1.165) is 15.7 Å². The number of imide groups is 1. The number of carbonyl (C=O) groups is 2. The van der Waals surface area contributed by atoms with Crippen molar-refractivity contribution in [1.82, 2.24) is 0 Å². The zero-order valence-corrected chi connectivity index (χ0v) is 17.2. The maximum atomic E-state index is 13.6. The minimum Gasteiger partial charge on any atom is -0.350 e. The van der Waals surface area contributed by atoms with E-state index in [-0.39, 0.29) is 11.3 Å². The van der Waals surface area contributed by atoms with Gasteiger partial charge in [0.2, 0.25) is 0 Å². The number of nitrogens with one attached hydrogen (secondary N) is 1. The van der Waals surface area contributed by atoms with Gasteiger partial charge in [-0.2, -0.15) is 5.26 Å². The molecular weight excluding hydrogens is 417 g/mol. The van der Waals surface area contributed by atoms with Crippen LogP contribution < -0.4 is 10.2 Å². The predicted molar refractivity (Wildman–Crippen MR) is 125 cm³/mol. The zero-order chi connectivity index (χ0) is 22.9. The van der Waals surface area contributed by atoms with E-state index in [2.05, 4.69) is 5.32 Å². The summed E-state index contributed by atoms with van der Waals surface area (Å²) in [5, 5.41) is 14.1. The van der Waals surface area contributed by atoms with Crippen LogP contribution >= 0.6 is 0 Å². The molecule has 158 valence electrons. The number of halogens is 1. The van der Waals surface area contributed by atoms with Crippen LogP contribution in [0.1, 0.15) is 11.1 Å². The molecule has 1 aliphatic heterocycles. The maximum Gasteiger partial charge on any atom is 0.282 e. The van der Waals surface area contributed by atoms with E-state index in [1.807, 2.05) is 48.5 Å². The number of nitriles is 1. The normalized spacial score (nSPS) is 13.5. The van der Waals surface area contributed by atoms with Gasteiger partial charge >= 0.3 is 0 Å². The van der Waals surface area contributed by atoms with Gasteiger partial charge in [-0.15, -0.1) is 0 Å². The molecule has 0 radical (unpaired) electrons. The molecule has 0 unspecified atom stereocenters. The van der Waals surface area contributed by atoms with Gasteiger partial charge < -0.3 is 5.32 Å². The van der Waals surface area contributed by atoms with Crippen LogP contribution in [0.15, 0.2) is 96.7 Å². The fourth-order valence-electron chi connectivity index (χ4n) is 3.92. The quantitative estimate of drug-likeness (QED) is 0.446. The highest BCUT2D eigenvalue weighted by atomic mass is 19.1. The molecule has 1 aliphatic rings. The predicted octanol–water partition coefficient (Wildman–Crippen LogP) is 5.25. The van der Waals surface area contributed by atoms with E-state index < -0.39 is 17.6 Å². The SMILES string of the molecule is N#Cc1ccc(N2C(=O)C(Nc3cccc4ccccc34)=C(c3ccc(F)cc3)C2=O)cc1. The van der Waals surface area contributed by atoms with Crippen LogP contribution in [0.2, 0.25) is 0 Å². The van der Waals surface area contributed by atoms with Crippen LogP contribution in [0.3, 0.4) is 0 Å². The van der Waals surface area contributed by atoms with Crippen molar-refractivity contribution in [2.45, 2.75) is 0 Å². The van der Waals surface area contributed by atoms with E-state index in [1.165, 1.54) is 24.3 Å². The third kappa shape index (κ3) is 3.52. The Kier molecular flexibility index (Phi) is 4.92. The first-order valence-corrected chi connectivity index (χ1v) is 10.2. The third-order valence-electron chi connectivity index (χ3n) is 5.52. The topological polar surface area (TPSA) is 73.2 Å². The second kappa shape index (κ2) is 8.06. The van der Waals surface area contributed by atoms with E-state index in [1.54, 1.807) is 24.3 Å². The molecule has 0 spiro atoms. The second-order valence-corrected chi connectivity index (χ2v) is 7.51. The minimum atomic E-state index is -0.531. The number of rotatable bonds is 4. The molecule has 0 saturated carbocycles. The summed E-state index contributed by atoms with van der Waals surface area (Å²) in [5.41, 5.74) is 2.11. The molecule has 0 aromatic heterocycles. The number of nitrogens with zero attached hydrogens (tertiary/aromatic N) is 2. The van der Waals surface area contributed by atoms with E-state index in [4.69, 9.17) is 5.26 Å². The summed E-state index contributed by atoms with van der Waals surface area (Å²) in [7, 11) is 0. The van der Waals surface area contributed by atoms with Gasteiger partial charge in [0.15, 0.2) is 0 Å². The molecule has 0 aliphatic carbocycles. The Labute approximate surface area is 189 Å². The van der Waals surface area contributed by atoms with Crippen molar-refractivity contribution in [2.24, 2.45) is 0 Å². The summed E-state index contributed by atoms with van der Waals surface area (Å²) >= 11 is 0. The van der Waals surface area contributed by atoms with Gasteiger partial charge in [0.25, 0.3) is 11.8 Å². The summed E-state index contributed by atoms with van der Waals surface area (Å²) in [6.45, 7) is 0. The first kappa shape index (κ1) is 20.2. The molecule has 4 aromatic rings. The van der Waals surface area contributed by atoms with Crippen molar-refractivity contribution in [3.8, 4) is 6.07 Å². The summed E-state index contributed by atoms with van der Waals surface area (Å²) in [4.78, 5) is 28.0. The minimum absolute atomic E-state index is 0.104. The molecule has 0 atom stereocenters. The summed E-state index contributed by atoms with van der Waals surface area (Å²) in [6.07, 6.45) is 0. The first-order valence-electron chi connectivity index (χ1n) is 10.2. The van der Waals surface area contributed by atoms with Gasteiger partial charge in [-0.3, -0.25) is 9.59 Å². The van der Waals surface area contributed by atoms with Crippen molar-refractivity contribution in [2.75, 3.05) is 10.2 Å². The smallest absolute Gasteiger partial charge is 0.282 e. The van der Waals surface area contributed by atoms with Crippen molar-refractivity contribution in [1.29, 1.82) is 5.26 Å². The largest absolute Gasteiger partial charge is 0.350 e. The number of anilines is 2. The zero-order valence-electron chi connectivity index (χ0n) is 17.2. The Hall–Kier alpha value is -4.76. The first-order chi connectivity index (χ1) is 16.1. The van der Waals surface area contributed by atoms with Crippen LogP contribution in [0, 0.1) is 17.1 Å². The molecule has 0 bridgehead atoms. The molecule has 2 amide bonds. The molecule has 33 heavy (non-hydrogen) atoms. The highest BCUT2D eigenvalue weighted by Gasteiger charge is 2.40. The standard InChI is InChI=1S/C27H16FN3O2/c28-20-12-10-19(11-13-20)24-25(30-23-7-3-5-18-4-1-2-6-22(18)23)27(33)31(26(24)32)21-14-8-17(16-29)9-15-21/h1-15,30H. The van der Waals surface area contributed by atoms with Gasteiger partial charge in [0, 0.05) is 11.1 Å². The molecule has 5 nitrogen and oxygen atoms in total. The van der Waals surface area contributed by atoms with Crippen LogP contribution in [-0.4, -0.2) is 11.8 Å². The average Bonchev–Trinajstić information content (AvgIpc) is 3.09. The van der Waals surface area contributed by atoms with Crippen molar-refractivity contribution in [3.05, 3.63) is 114 Å². The number of hydrogen-bond acceptors (Lipinski definition) is 4. The Morgan fingerprint density at radius 2 is 1.48 bits per heavy atom. The van der Waals surface area contributed by atoms with Gasteiger partial charge in [0.1, 0.15) is 11.5 Å². The molecule has 6 heteroatoms. The van der Waals surface area contributed by atoms with Gasteiger partial charge in [-0.05, 0) is 53.4 Å². The maximum absolute atomic E-state index is 13.6. The fraction of sp³-hybridized carbons (Fsp3) is 0. The van der Waals surface area contributed by atoms with Gasteiger partial charge in [-0.1, -0.05) is 48.5 Å². The van der Waals surface area contributed by atoms with Crippen LogP contribution in [0.25, 0.3) is 16.3 Å². The number of carbonyl (C=O) groups excluding carboxylic acids is 2. The second-order valence-electron chi connectivity index (χ2n) is 7.51. The highest BCUT2D eigenvalue weighted by Crippen LogP contribution is 2.35. The number of hydrogen-bond donors (Lipinski definition) is 1. The molecule has 1 heterocycles. The third-order valence-corrected chi connectivity index (χ3v) is 5.52. The lowest BCUT2D eigenvalue weighted by molar-refractivity contribution is -0.120. The lowest BCUT2D eigenvalue weighted by Gasteiger charge is -2.16. The Bertz CT molecular complexity index is 1480. The molecule has 4 aromatic carbocycles.